The summed E-state index contributed by atoms with van der Waals surface area (Å²) in [4.78, 5) is 111. The summed E-state index contributed by atoms with van der Waals surface area (Å²) >= 11 is 3.43. The maximum Gasteiger partial charge on any atom is 0.329 e. The average Bonchev–Trinajstić information content (AvgIpc) is 3.92. The van der Waals surface area contributed by atoms with Gasteiger partial charge in [0.1, 0.15) is 29.4 Å². The number of halogens is 1. The number of anilines is 4. The summed E-state index contributed by atoms with van der Waals surface area (Å²) in [5, 5.41) is 20.1. The third kappa shape index (κ3) is 20.7. The topological polar surface area (TPSA) is 313 Å². The molecule has 2 aliphatic rings. The molecule has 0 radical (unpaired) electrons. The highest BCUT2D eigenvalue weighted by atomic mass is 79.9. The van der Waals surface area contributed by atoms with Gasteiger partial charge in [-0.05, 0) is 80.1 Å². The van der Waals surface area contributed by atoms with Crippen LogP contribution in [0.15, 0.2) is 34.9 Å². The largest absolute Gasteiger partial charge is 0.459 e. The van der Waals surface area contributed by atoms with Crippen molar-refractivity contribution in [2.75, 3.05) is 88.3 Å². The lowest BCUT2D eigenvalue weighted by Gasteiger charge is -2.29. The highest BCUT2D eigenvalue weighted by Crippen LogP contribution is 2.30. The van der Waals surface area contributed by atoms with E-state index in [-0.39, 0.29) is 43.6 Å². The fourth-order valence-corrected chi connectivity index (χ4v) is 7.44. The molecule has 2 saturated heterocycles. The number of hydrogen-bond acceptors (Lipinski definition) is 16. The molecule has 0 aliphatic carbocycles. The third-order valence-corrected chi connectivity index (χ3v) is 11.8. The van der Waals surface area contributed by atoms with Crippen LogP contribution in [0, 0.1) is 5.41 Å². The number of nitrogens with zero attached hydrogens (tertiary/aromatic N) is 3. The first-order valence-corrected chi connectivity index (χ1v) is 24.9. The average molecular weight is 1060 g/mol. The van der Waals surface area contributed by atoms with E-state index in [1.54, 1.807) is 30.5 Å². The van der Waals surface area contributed by atoms with E-state index in [4.69, 9.17) is 24.7 Å². The number of aromatic nitrogens is 2. The summed E-state index contributed by atoms with van der Waals surface area (Å²) in [5.41, 5.74) is 4.88. The van der Waals surface area contributed by atoms with Crippen LogP contribution in [0.5, 0.6) is 0 Å². The summed E-state index contributed by atoms with van der Waals surface area (Å²) in [6.07, 6.45) is 5.44. The van der Waals surface area contributed by atoms with Crippen LogP contribution < -0.4 is 43.0 Å². The minimum atomic E-state index is -1.33. The molecule has 23 nitrogen and oxygen atoms in total. The summed E-state index contributed by atoms with van der Waals surface area (Å²) in [6, 6.07) is 4.60. The molecule has 2 aliphatic heterocycles. The number of morpholine rings is 1. The lowest BCUT2D eigenvalue weighted by molar-refractivity contribution is -0.158. The number of likely N-dealkylation sites (tertiary alicyclic amines) is 1. The van der Waals surface area contributed by atoms with Gasteiger partial charge in [0, 0.05) is 82.6 Å². The van der Waals surface area contributed by atoms with Gasteiger partial charge in [-0.25, -0.2) is 9.78 Å². The quantitative estimate of drug-likeness (QED) is 0.0279. The molecule has 71 heavy (non-hydrogen) atoms. The zero-order valence-electron chi connectivity index (χ0n) is 40.9. The van der Waals surface area contributed by atoms with Crippen molar-refractivity contribution in [2.45, 2.75) is 110 Å². The van der Waals surface area contributed by atoms with Gasteiger partial charge in [-0.2, -0.15) is 4.98 Å². The predicted molar refractivity (Wildman–Crippen MR) is 265 cm³/mol. The van der Waals surface area contributed by atoms with Crippen LogP contribution in [-0.4, -0.2) is 153 Å². The van der Waals surface area contributed by atoms with E-state index < -0.39 is 65.5 Å². The second-order valence-corrected chi connectivity index (χ2v) is 18.4. The summed E-state index contributed by atoms with van der Waals surface area (Å²) in [6.45, 7) is 9.45. The van der Waals surface area contributed by atoms with Gasteiger partial charge in [0.25, 0.3) is 0 Å². The van der Waals surface area contributed by atoms with Crippen molar-refractivity contribution >= 4 is 86.4 Å². The lowest BCUT2D eigenvalue weighted by atomic mass is 9.91. The Hall–Kier alpha value is -5.98. The molecule has 392 valence electrons. The fraction of sp³-hybridized carbons (Fsp3) is 0.617. The van der Waals surface area contributed by atoms with Crippen molar-refractivity contribution in [1.29, 1.82) is 0 Å². The number of nitrogens with two attached hydrogens (primary N) is 1. The molecule has 0 spiro atoms. The van der Waals surface area contributed by atoms with Crippen LogP contribution in [0.2, 0.25) is 0 Å². The number of rotatable bonds is 35. The maximum atomic E-state index is 13.8. The highest BCUT2D eigenvalue weighted by Gasteiger charge is 2.50. The van der Waals surface area contributed by atoms with E-state index in [1.165, 1.54) is 18.7 Å². The second-order valence-electron chi connectivity index (χ2n) is 17.5. The number of hydrogen-bond donors (Lipinski definition) is 8. The number of amides is 7. The predicted octanol–water partition coefficient (Wildman–Crippen LogP) is 2.18. The van der Waals surface area contributed by atoms with E-state index in [0.29, 0.717) is 113 Å². The number of esters is 1. The van der Waals surface area contributed by atoms with Crippen molar-refractivity contribution in [3.8, 4) is 0 Å². The van der Waals surface area contributed by atoms with Gasteiger partial charge in [-0.1, -0.05) is 19.4 Å². The van der Waals surface area contributed by atoms with E-state index in [0.717, 1.165) is 19.3 Å². The standard InChI is InChI=1S/C47H70BrN11O12/c1-4-5-13-37(60)50-18-9-20-68-22-24-70-25-23-69-21-10-19-51-38(61)14-7-15-39(62)57-35(42(64)59-30-33-27-36(59)43(65)71-33)28-40(63)55-31-11-6-12-32(26-31)56-46-54-29-34(48)41(58-46)52-16-8-17-53-45(67)47(2,3)44(49)66/h6,11-12,26,29,33,35-36H,4-5,7-10,13-25,27-28,30H2,1-3H3,(H2,49,66)(H,50,60)(H,51,61)(H,53,67)(H,55,63)(H,57,62)(H2,52,54,56,58)/t33-,35?,36-/m1/s1. The van der Waals surface area contributed by atoms with E-state index in [1.807, 2.05) is 6.92 Å². The van der Waals surface area contributed by atoms with E-state index in [2.05, 4.69) is 63.1 Å². The molecule has 2 fully saturated rings. The van der Waals surface area contributed by atoms with Gasteiger partial charge in [0.2, 0.25) is 47.3 Å². The molecular formula is C47H70BrN11O12. The summed E-state index contributed by atoms with van der Waals surface area (Å²) in [7, 11) is 0. The van der Waals surface area contributed by atoms with Crippen LogP contribution in [0.4, 0.5) is 23.1 Å². The van der Waals surface area contributed by atoms with Gasteiger partial charge in [-0.3, -0.25) is 33.6 Å². The smallest absolute Gasteiger partial charge is 0.329 e. The van der Waals surface area contributed by atoms with Gasteiger partial charge in [0.05, 0.1) is 43.9 Å². The van der Waals surface area contributed by atoms with Crippen LogP contribution in [0.25, 0.3) is 0 Å². The Balaban J connectivity index is 1.15. The third-order valence-electron chi connectivity index (χ3n) is 11.3. The Bertz CT molecular complexity index is 2120. The minimum absolute atomic E-state index is 0.0620. The Kier molecular flexibility index (Phi) is 24.9. The Morgan fingerprint density at radius 1 is 0.817 bits per heavy atom. The number of benzene rings is 1. The molecule has 7 amide bonds. The maximum absolute atomic E-state index is 13.8. The van der Waals surface area contributed by atoms with Crippen LogP contribution in [0.3, 0.4) is 0 Å². The number of carbonyl (C=O) groups excluding carboxylic acids is 8. The van der Waals surface area contributed by atoms with Crippen molar-refractivity contribution in [3.63, 3.8) is 0 Å². The van der Waals surface area contributed by atoms with Crippen LogP contribution in [0.1, 0.15) is 91.4 Å². The molecule has 24 heteroatoms. The van der Waals surface area contributed by atoms with Crippen molar-refractivity contribution in [1.82, 2.24) is 36.1 Å². The number of primary amides is 1. The minimum Gasteiger partial charge on any atom is -0.459 e. The van der Waals surface area contributed by atoms with Gasteiger partial charge in [-0.15, -0.1) is 0 Å². The molecule has 1 aromatic heterocycles. The first-order chi connectivity index (χ1) is 34.1. The normalized spacial score (nSPS) is 15.3. The molecule has 1 aromatic carbocycles. The monoisotopic (exact) mass is 1060 g/mol. The first-order valence-electron chi connectivity index (χ1n) is 24.2. The van der Waals surface area contributed by atoms with E-state index >= 15 is 0 Å². The number of carbonyl (C=O) groups is 8. The lowest BCUT2D eigenvalue weighted by Crippen LogP contribution is -2.54. The van der Waals surface area contributed by atoms with Gasteiger partial charge < -0.3 is 66.8 Å². The summed E-state index contributed by atoms with van der Waals surface area (Å²) < 4.78 is 22.4. The Labute approximate surface area is 422 Å². The Morgan fingerprint density at radius 2 is 1.44 bits per heavy atom. The fourth-order valence-electron chi connectivity index (χ4n) is 7.11. The van der Waals surface area contributed by atoms with Gasteiger partial charge in [0.15, 0.2) is 0 Å². The zero-order valence-corrected chi connectivity index (χ0v) is 42.5. The Morgan fingerprint density at radius 3 is 2.07 bits per heavy atom. The summed E-state index contributed by atoms with van der Waals surface area (Å²) in [5.74, 6) is -2.89. The number of nitrogens with one attached hydrogen (secondary N) is 7. The molecule has 0 saturated carbocycles. The number of fused-ring (bicyclic) bond motifs is 2. The van der Waals surface area contributed by atoms with Crippen molar-refractivity contribution in [2.24, 2.45) is 11.1 Å². The highest BCUT2D eigenvalue weighted by molar-refractivity contribution is 9.10. The molecule has 2 aromatic rings. The van der Waals surface area contributed by atoms with Gasteiger partial charge >= 0.3 is 5.97 Å². The number of ether oxygens (including phenoxy) is 4. The molecule has 2 bridgehead atoms. The van der Waals surface area contributed by atoms with Crippen LogP contribution >= 0.6 is 15.9 Å². The van der Waals surface area contributed by atoms with Crippen molar-refractivity contribution in [3.05, 3.63) is 34.9 Å². The molecule has 4 rings (SSSR count). The molecule has 3 atom stereocenters. The van der Waals surface area contributed by atoms with Crippen LogP contribution in [-0.2, 0) is 57.3 Å². The molecule has 9 N–H and O–H groups in total. The first kappa shape index (κ1) is 57.6. The molecule has 1 unspecified atom stereocenters. The molecular weight excluding hydrogens is 990 g/mol. The van der Waals surface area contributed by atoms with E-state index in [9.17, 15) is 38.4 Å². The number of unbranched alkanes of at least 4 members (excludes halogenated alkanes) is 1. The molecule has 3 heterocycles. The zero-order chi connectivity index (χ0) is 51.6. The van der Waals surface area contributed by atoms with Crippen molar-refractivity contribution < 1.29 is 57.3 Å². The second kappa shape index (κ2) is 30.7. The SMILES string of the molecule is CCCCC(=O)NCCCOCCOCCOCCCNC(=O)CCCC(=O)NC(CC(=O)Nc1cccc(Nc2ncc(Br)c(NCCCNC(=O)C(C)(C)C(N)=O)n2)c1)C(=O)N1C[C@H]2C[C@@H]1C(=O)O2.